The number of carboxylic acids is 1. The standard InChI is InChI=1S/C15H19NO3/c1-10(15(17)18)11-5-7-12(8-6-11)13-3-2-4-14(9-13)16-19/h5-8,10,13,19H,2-4,9H2,1H3,(H,17,18)/b16-14+/t10-,13+/m0/s1. The van der Waals surface area contributed by atoms with Crippen LogP contribution in [0.4, 0.5) is 0 Å². The molecule has 2 atom stereocenters. The Balaban J connectivity index is 2.12. The largest absolute Gasteiger partial charge is 0.481 e. The van der Waals surface area contributed by atoms with Crippen molar-refractivity contribution >= 4 is 11.7 Å². The molecule has 1 aliphatic rings. The Kier molecular flexibility index (Phi) is 4.20. The predicted molar refractivity (Wildman–Crippen MR) is 72.9 cm³/mol. The minimum Gasteiger partial charge on any atom is -0.481 e. The third-order valence-electron chi connectivity index (χ3n) is 3.92. The van der Waals surface area contributed by atoms with Crippen molar-refractivity contribution in [2.45, 2.75) is 44.4 Å². The van der Waals surface area contributed by atoms with Gasteiger partial charge >= 0.3 is 5.97 Å². The van der Waals surface area contributed by atoms with E-state index < -0.39 is 11.9 Å². The highest BCUT2D eigenvalue weighted by Gasteiger charge is 2.21. The molecule has 0 spiro atoms. The highest BCUT2D eigenvalue weighted by Crippen LogP contribution is 2.32. The van der Waals surface area contributed by atoms with Crippen LogP contribution in [0.2, 0.25) is 0 Å². The lowest BCUT2D eigenvalue weighted by atomic mass is 9.82. The average Bonchev–Trinajstić information content (AvgIpc) is 2.46. The molecule has 0 radical (unpaired) electrons. The van der Waals surface area contributed by atoms with E-state index in [9.17, 15) is 4.79 Å². The lowest BCUT2D eigenvalue weighted by Gasteiger charge is -2.23. The lowest BCUT2D eigenvalue weighted by Crippen LogP contribution is -2.14. The van der Waals surface area contributed by atoms with Crippen molar-refractivity contribution in [1.82, 2.24) is 0 Å². The number of hydrogen-bond acceptors (Lipinski definition) is 3. The van der Waals surface area contributed by atoms with Crippen molar-refractivity contribution in [2.75, 3.05) is 0 Å². The van der Waals surface area contributed by atoms with Crippen LogP contribution in [0.5, 0.6) is 0 Å². The molecule has 1 aliphatic carbocycles. The first kappa shape index (κ1) is 13.6. The summed E-state index contributed by atoms with van der Waals surface area (Å²) < 4.78 is 0. The summed E-state index contributed by atoms with van der Waals surface area (Å²) in [7, 11) is 0. The number of hydrogen-bond donors (Lipinski definition) is 2. The number of nitrogens with zero attached hydrogens (tertiary/aromatic N) is 1. The van der Waals surface area contributed by atoms with E-state index in [-0.39, 0.29) is 0 Å². The van der Waals surface area contributed by atoms with E-state index in [1.54, 1.807) is 6.92 Å². The fourth-order valence-corrected chi connectivity index (χ4v) is 2.62. The molecule has 4 nitrogen and oxygen atoms in total. The van der Waals surface area contributed by atoms with Gasteiger partial charge in [-0.1, -0.05) is 29.4 Å². The first-order valence-electron chi connectivity index (χ1n) is 6.64. The molecule has 4 heteroatoms. The Hall–Kier alpha value is -1.84. The van der Waals surface area contributed by atoms with Crippen molar-refractivity contribution in [1.29, 1.82) is 0 Å². The summed E-state index contributed by atoms with van der Waals surface area (Å²) in [6.07, 6.45) is 3.80. The van der Waals surface area contributed by atoms with Crippen LogP contribution in [0.15, 0.2) is 29.4 Å². The lowest BCUT2D eigenvalue weighted by molar-refractivity contribution is -0.138. The zero-order valence-electron chi connectivity index (χ0n) is 11.0. The Morgan fingerprint density at radius 3 is 2.63 bits per heavy atom. The maximum atomic E-state index is 10.9. The molecular weight excluding hydrogens is 242 g/mol. The van der Waals surface area contributed by atoms with Gasteiger partial charge in [0, 0.05) is 0 Å². The molecule has 0 amide bonds. The number of benzene rings is 1. The second kappa shape index (κ2) is 5.87. The van der Waals surface area contributed by atoms with Gasteiger partial charge in [0.1, 0.15) is 0 Å². The monoisotopic (exact) mass is 261 g/mol. The van der Waals surface area contributed by atoms with E-state index in [2.05, 4.69) is 5.16 Å². The molecule has 0 aliphatic heterocycles. The smallest absolute Gasteiger partial charge is 0.310 e. The highest BCUT2D eigenvalue weighted by molar-refractivity contribution is 5.85. The molecule has 19 heavy (non-hydrogen) atoms. The Morgan fingerprint density at radius 2 is 2.05 bits per heavy atom. The summed E-state index contributed by atoms with van der Waals surface area (Å²) in [5.74, 6) is -0.899. The van der Waals surface area contributed by atoms with Gasteiger partial charge in [0.2, 0.25) is 0 Å². The summed E-state index contributed by atoms with van der Waals surface area (Å²) in [5.41, 5.74) is 2.88. The zero-order chi connectivity index (χ0) is 13.8. The molecule has 0 aromatic heterocycles. The van der Waals surface area contributed by atoms with Crippen molar-refractivity contribution in [3.63, 3.8) is 0 Å². The van der Waals surface area contributed by atoms with Gasteiger partial charge in [-0.15, -0.1) is 0 Å². The van der Waals surface area contributed by atoms with Gasteiger partial charge in [-0.2, -0.15) is 0 Å². The van der Waals surface area contributed by atoms with Crippen LogP contribution in [0.3, 0.4) is 0 Å². The predicted octanol–water partition coefficient (Wildman–Crippen LogP) is 3.36. The Labute approximate surface area is 112 Å². The number of carboxylic acid groups (broad SMARTS) is 1. The van der Waals surface area contributed by atoms with Gasteiger partial charge in [0.25, 0.3) is 0 Å². The van der Waals surface area contributed by atoms with Crippen LogP contribution in [-0.2, 0) is 4.79 Å². The maximum Gasteiger partial charge on any atom is 0.310 e. The first-order valence-corrected chi connectivity index (χ1v) is 6.64. The van der Waals surface area contributed by atoms with Gasteiger partial charge in [0.05, 0.1) is 11.6 Å². The van der Waals surface area contributed by atoms with Gasteiger partial charge < -0.3 is 10.3 Å². The molecular formula is C15H19NO3. The van der Waals surface area contributed by atoms with Gasteiger partial charge in [-0.05, 0) is 49.7 Å². The molecule has 0 unspecified atom stereocenters. The van der Waals surface area contributed by atoms with E-state index in [0.29, 0.717) is 5.92 Å². The fourth-order valence-electron chi connectivity index (χ4n) is 2.62. The summed E-state index contributed by atoms with van der Waals surface area (Å²) in [6.45, 7) is 1.69. The van der Waals surface area contributed by atoms with Crippen molar-refractivity contribution in [3.8, 4) is 0 Å². The minimum atomic E-state index is -0.805. The normalized spacial score (nSPS) is 23.2. The second-order valence-corrected chi connectivity index (χ2v) is 5.19. The van der Waals surface area contributed by atoms with Crippen LogP contribution in [-0.4, -0.2) is 22.0 Å². The average molecular weight is 261 g/mol. The molecule has 0 bridgehead atoms. The van der Waals surface area contributed by atoms with E-state index in [1.807, 2.05) is 24.3 Å². The van der Waals surface area contributed by atoms with Crippen LogP contribution >= 0.6 is 0 Å². The Morgan fingerprint density at radius 1 is 1.37 bits per heavy atom. The zero-order valence-corrected chi connectivity index (χ0v) is 11.0. The summed E-state index contributed by atoms with van der Waals surface area (Å²) in [6, 6.07) is 7.77. The SMILES string of the molecule is C[C@H](C(=O)O)c1ccc([C@@H]2CCC/C(=N\O)C2)cc1. The van der Waals surface area contributed by atoms with Gasteiger partial charge in [-0.25, -0.2) is 0 Å². The van der Waals surface area contributed by atoms with Gasteiger partial charge in [-0.3, -0.25) is 4.79 Å². The molecule has 1 aromatic carbocycles. The van der Waals surface area contributed by atoms with E-state index in [4.69, 9.17) is 10.3 Å². The number of oxime groups is 1. The fraction of sp³-hybridized carbons (Fsp3) is 0.467. The number of rotatable bonds is 3. The van der Waals surface area contributed by atoms with Crippen molar-refractivity contribution in [2.24, 2.45) is 5.16 Å². The molecule has 2 N–H and O–H groups in total. The molecule has 102 valence electrons. The molecule has 0 saturated heterocycles. The quantitative estimate of drug-likeness (QED) is 0.647. The van der Waals surface area contributed by atoms with E-state index >= 15 is 0 Å². The van der Waals surface area contributed by atoms with Crippen LogP contribution in [0.1, 0.15) is 55.6 Å². The molecule has 1 aromatic rings. The number of aliphatic carboxylic acids is 1. The summed E-state index contributed by atoms with van der Waals surface area (Å²) >= 11 is 0. The molecule has 2 rings (SSSR count). The van der Waals surface area contributed by atoms with E-state index in [0.717, 1.165) is 37.0 Å². The third-order valence-corrected chi connectivity index (χ3v) is 3.92. The molecule has 0 heterocycles. The Bertz CT molecular complexity index is 479. The second-order valence-electron chi connectivity index (χ2n) is 5.19. The summed E-state index contributed by atoms with van der Waals surface area (Å²) in [4.78, 5) is 10.9. The van der Waals surface area contributed by atoms with Crippen molar-refractivity contribution < 1.29 is 15.1 Å². The highest BCUT2D eigenvalue weighted by atomic mass is 16.4. The molecule has 1 fully saturated rings. The van der Waals surface area contributed by atoms with Gasteiger partial charge in [0.15, 0.2) is 0 Å². The first-order chi connectivity index (χ1) is 9.11. The maximum absolute atomic E-state index is 10.9. The van der Waals surface area contributed by atoms with Crippen LogP contribution in [0.25, 0.3) is 0 Å². The van der Waals surface area contributed by atoms with Crippen LogP contribution in [0, 0.1) is 0 Å². The van der Waals surface area contributed by atoms with E-state index in [1.165, 1.54) is 5.56 Å². The third kappa shape index (κ3) is 3.13. The summed E-state index contributed by atoms with van der Waals surface area (Å²) in [5, 5.41) is 21.2. The van der Waals surface area contributed by atoms with Crippen LogP contribution < -0.4 is 0 Å². The number of carbonyl (C=O) groups is 1. The van der Waals surface area contributed by atoms with Crippen molar-refractivity contribution in [3.05, 3.63) is 35.4 Å². The minimum absolute atomic E-state index is 0.383. The topological polar surface area (TPSA) is 69.9 Å². The molecule has 1 saturated carbocycles.